The molecule has 0 spiro atoms. The van der Waals surface area contributed by atoms with Gasteiger partial charge in [-0.1, -0.05) is 24.8 Å². The molecular formula is C34H40N3O2+. The smallest absolute Gasteiger partial charge is 0.237 e. The summed E-state index contributed by atoms with van der Waals surface area (Å²) in [6.07, 6.45) is 13.9. The summed E-state index contributed by atoms with van der Waals surface area (Å²) in [4.78, 5) is 5.21. The number of hydrogen-bond donors (Lipinski definition) is 0. The molecule has 0 saturated carbocycles. The van der Waals surface area contributed by atoms with Crippen LogP contribution in [0.3, 0.4) is 0 Å². The molecule has 0 fully saturated rings. The van der Waals surface area contributed by atoms with Gasteiger partial charge in [0.2, 0.25) is 5.69 Å². The van der Waals surface area contributed by atoms with Crippen LogP contribution in [0.1, 0.15) is 51.6 Å². The van der Waals surface area contributed by atoms with E-state index >= 15 is 0 Å². The summed E-state index contributed by atoms with van der Waals surface area (Å²) in [5, 5.41) is 0. The molecule has 5 heteroatoms. The topological polar surface area (TPSA) is 39.6 Å². The predicted octanol–water partition coefficient (Wildman–Crippen LogP) is 8.39. The molecule has 39 heavy (non-hydrogen) atoms. The van der Waals surface area contributed by atoms with Gasteiger partial charge in [-0.05, 0) is 82.7 Å². The van der Waals surface area contributed by atoms with E-state index in [4.69, 9.17) is 14.5 Å². The Morgan fingerprint density at radius 2 is 1.72 bits per heavy atom. The zero-order valence-electron chi connectivity index (χ0n) is 24.4. The molecule has 2 aromatic heterocycles. The van der Waals surface area contributed by atoms with E-state index in [0.29, 0.717) is 0 Å². The van der Waals surface area contributed by atoms with Crippen molar-refractivity contribution in [3.63, 3.8) is 0 Å². The molecule has 4 rings (SSSR count). The lowest BCUT2D eigenvalue weighted by Crippen LogP contribution is -2.32. The minimum atomic E-state index is 0.839. The van der Waals surface area contributed by atoms with Gasteiger partial charge in [0, 0.05) is 36.4 Å². The van der Waals surface area contributed by atoms with Crippen molar-refractivity contribution in [3.05, 3.63) is 108 Å². The third-order valence-corrected chi connectivity index (χ3v) is 6.74. The van der Waals surface area contributed by atoms with Crippen LogP contribution < -0.4 is 9.30 Å². The Bertz CT molecular complexity index is 1480. The number of nitrogens with zero attached hydrogens (tertiary/aromatic N) is 3. The maximum atomic E-state index is 5.34. The monoisotopic (exact) mass is 522 g/mol. The number of ether oxygens (including phenoxy) is 2. The summed E-state index contributed by atoms with van der Waals surface area (Å²) < 4.78 is 14.6. The second-order valence-electron chi connectivity index (χ2n) is 9.13. The van der Waals surface area contributed by atoms with Gasteiger partial charge in [0.15, 0.2) is 11.9 Å². The summed E-state index contributed by atoms with van der Waals surface area (Å²) >= 11 is 0. The lowest BCUT2D eigenvalue weighted by molar-refractivity contribution is -0.580. The minimum Gasteiger partial charge on any atom is -0.501 e. The minimum absolute atomic E-state index is 0.839. The van der Waals surface area contributed by atoms with E-state index in [1.165, 1.54) is 11.3 Å². The predicted molar refractivity (Wildman–Crippen MR) is 165 cm³/mol. The second kappa shape index (κ2) is 13.4. The van der Waals surface area contributed by atoms with Gasteiger partial charge in [0.1, 0.15) is 11.5 Å². The molecular weight excluding hydrogens is 482 g/mol. The number of benzene rings is 1. The number of allylic oxidation sites excluding steroid dienone is 7. The van der Waals surface area contributed by atoms with Gasteiger partial charge in [-0.15, -0.1) is 0 Å². The molecule has 0 unspecified atom stereocenters. The molecule has 1 aromatic carbocycles. The number of pyridine rings is 1. The fourth-order valence-electron chi connectivity index (χ4n) is 4.49. The molecule has 3 heterocycles. The van der Waals surface area contributed by atoms with E-state index in [0.717, 1.165) is 51.1 Å². The average Bonchev–Trinajstić information content (AvgIpc) is 3.37. The van der Waals surface area contributed by atoms with Gasteiger partial charge in [-0.3, -0.25) is 0 Å². The van der Waals surface area contributed by atoms with Crippen molar-refractivity contribution in [2.24, 2.45) is 4.99 Å². The van der Waals surface area contributed by atoms with Crippen molar-refractivity contribution >= 4 is 29.4 Å². The van der Waals surface area contributed by atoms with E-state index in [9.17, 15) is 0 Å². The van der Waals surface area contributed by atoms with Crippen molar-refractivity contribution < 1.29 is 14.0 Å². The maximum Gasteiger partial charge on any atom is 0.237 e. The summed E-state index contributed by atoms with van der Waals surface area (Å²) in [5.74, 6) is 1.77. The number of methoxy groups -OCH3 is 2. The first-order chi connectivity index (χ1) is 18.8. The first kappa shape index (κ1) is 29.2. The highest BCUT2D eigenvalue weighted by Crippen LogP contribution is 2.39. The van der Waals surface area contributed by atoms with Crippen LogP contribution in [-0.4, -0.2) is 24.5 Å². The Balaban J connectivity index is 0.000000459. The number of hydrogen-bond acceptors (Lipinski definition) is 3. The molecule has 0 atom stereocenters. The van der Waals surface area contributed by atoms with Crippen LogP contribution in [0.15, 0.2) is 95.9 Å². The fraction of sp³-hybridized carbons (Fsp3) is 0.235. The zero-order valence-corrected chi connectivity index (χ0v) is 24.4. The fourth-order valence-corrected chi connectivity index (χ4v) is 4.49. The SMILES string of the molecule is C/C=C\C=C(/C)OC.C=Cc1c(N=C2C(C)=C(C)[n+]3ccccc32)c(C)c(-c2ccc(OC)cc2)n1/C=C\C. The molecule has 3 aromatic rings. The molecule has 1 aliphatic heterocycles. The van der Waals surface area contributed by atoms with E-state index in [1.54, 1.807) is 14.2 Å². The highest BCUT2D eigenvalue weighted by atomic mass is 16.5. The summed E-state index contributed by atoms with van der Waals surface area (Å²) in [5.41, 5.74) is 9.75. The van der Waals surface area contributed by atoms with Crippen LogP contribution >= 0.6 is 0 Å². The first-order valence-corrected chi connectivity index (χ1v) is 13.1. The molecule has 0 bridgehead atoms. The summed E-state index contributed by atoms with van der Waals surface area (Å²) in [7, 11) is 3.34. The Kier molecular flexibility index (Phi) is 10.0. The molecule has 0 saturated heterocycles. The summed E-state index contributed by atoms with van der Waals surface area (Å²) in [6, 6.07) is 14.4. The van der Waals surface area contributed by atoms with Crippen molar-refractivity contribution in [2.45, 2.75) is 41.5 Å². The number of fused-ring (bicyclic) bond motifs is 1. The summed E-state index contributed by atoms with van der Waals surface area (Å²) in [6.45, 7) is 16.4. The quantitative estimate of drug-likeness (QED) is 0.178. The van der Waals surface area contributed by atoms with Gasteiger partial charge in [0.05, 0.1) is 37.1 Å². The largest absolute Gasteiger partial charge is 0.501 e. The Hall–Kier alpha value is -4.38. The zero-order chi connectivity index (χ0) is 28.5. The third-order valence-electron chi connectivity index (χ3n) is 6.74. The van der Waals surface area contributed by atoms with Crippen molar-refractivity contribution in [2.75, 3.05) is 14.2 Å². The van der Waals surface area contributed by atoms with Crippen molar-refractivity contribution in [1.29, 1.82) is 0 Å². The highest BCUT2D eigenvalue weighted by Gasteiger charge is 2.31. The Labute approximate surface area is 233 Å². The Morgan fingerprint density at radius 3 is 2.31 bits per heavy atom. The lowest BCUT2D eigenvalue weighted by atomic mass is 10.1. The van der Waals surface area contributed by atoms with Crippen molar-refractivity contribution in [3.8, 4) is 17.0 Å². The van der Waals surface area contributed by atoms with Crippen molar-refractivity contribution in [1.82, 2.24) is 4.57 Å². The average molecular weight is 523 g/mol. The maximum absolute atomic E-state index is 5.34. The number of rotatable bonds is 7. The van der Waals surface area contributed by atoms with Crippen LogP contribution in [0.5, 0.6) is 5.75 Å². The van der Waals surface area contributed by atoms with Gasteiger partial charge in [-0.2, -0.15) is 4.57 Å². The molecule has 0 radical (unpaired) electrons. The van der Waals surface area contributed by atoms with E-state index in [2.05, 4.69) is 73.1 Å². The molecule has 0 amide bonds. The van der Waals surface area contributed by atoms with Gasteiger partial charge < -0.3 is 14.0 Å². The standard InChI is InChI=1S/C27H28N3O.C7H12O/c1-7-16-30-23(8-2)26(19(4)27(30)21-12-14-22(31-6)15-13-21)28-25-18(3)20(5)29-17-10-9-11-24(25)29;1-4-5-6-7(2)8-3/h7-17H,2H2,1,3-6H3;4-6H,1-3H3/q+1;/b16-7-;5-4-,7-6+. The molecule has 1 aliphatic rings. The molecule has 0 aliphatic carbocycles. The molecule has 202 valence electrons. The van der Waals surface area contributed by atoms with Gasteiger partial charge >= 0.3 is 0 Å². The van der Waals surface area contributed by atoms with Crippen LogP contribution in [0.2, 0.25) is 0 Å². The van der Waals surface area contributed by atoms with Gasteiger partial charge in [-0.25, -0.2) is 4.99 Å². The van der Waals surface area contributed by atoms with Crippen LogP contribution in [0, 0.1) is 6.92 Å². The lowest BCUT2D eigenvalue weighted by Gasteiger charge is -2.08. The van der Waals surface area contributed by atoms with E-state index in [1.807, 2.05) is 69.4 Å². The van der Waals surface area contributed by atoms with Gasteiger partial charge in [0.25, 0.3) is 0 Å². The second-order valence-corrected chi connectivity index (χ2v) is 9.13. The number of aliphatic imine (C=N–C) groups is 1. The van der Waals surface area contributed by atoms with E-state index in [-0.39, 0.29) is 0 Å². The first-order valence-electron chi connectivity index (χ1n) is 13.1. The number of aromatic nitrogens is 2. The molecule has 5 nitrogen and oxygen atoms in total. The normalized spacial score (nSPS) is 14.2. The highest BCUT2D eigenvalue weighted by molar-refractivity contribution is 6.16. The van der Waals surface area contributed by atoms with E-state index < -0.39 is 0 Å². The van der Waals surface area contributed by atoms with Crippen LogP contribution in [0.25, 0.3) is 29.2 Å². The van der Waals surface area contributed by atoms with Crippen LogP contribution in [0.4, 0.5) is 5.69 Å². The third kappa shape index (κ3) is 6.20. The Morgan fingerprint density at radius 1 is 1.00 bits per heavy atom. The van der Waals surface area contributed by atoms with Crippen LogP contribution in [-0.2, 0) is 4.74 Å². The molecule has 0 N–H and O–H groups in total.